The number of aliphatic hydroxyl groups is 1. The lowest BCUT2D eigenvalue weighted by Gasteiger charge is -2.59. The topological polar surface area (TPSA) is 61.8 Å². The molecule has 0 aromatic heterocycles. The summed E-state index contributed by atoms with van der Waals surface area (Å²) in [6, 6.07) is 0.914. The molecule has 9 atom stereocenters. The molecule has 5 heteroatoms. The average molecular weight is 501 g/mol. The Morgan fingerprint density at radius 1 is 1.28 bits per heavy atom. The molecule has 0 spiro atoms. The Morgan fingerprint density at radius 2 is 2.00 bits per heavy atom. The van der Waals surface area contributed by atoms with Gasteiger partial charge in [0.2, 0.25) is 0 Å². The van der Waals surface area contributed by atoms with Crippen molar-refractivity contribution in [3.63, 3.8) is 0 Å². The minimum Gasteiger partial charge on any atom is -0.462 e. The molecule has 3 saturated carbocycles. The van der Waals surface area contributed by atoms with Crippen LogP contribution >= 0.6 is 0 Å². The van der Waals surface area contributed by atoms with E-state index in [0.29, 0.717) is 42.4 Å². The first kappa shape index (κ1) is 27.9. The fraction of sp³-hybridized carbons (Fsp3) is 0.839. The number of nitrogens with zero attached hydrogens (tertiary/aromatic N) is 1. The van der Waals surface area contributed by atoms with Gasteiger partial charge in [0.25, 0.3) is 0 Å². The number of carbonyl (C=O) groups excluding carboxylic acids is 1. The van der Waals surface area contributed by atoms with Crippen LogP contribution in [0.3, 0.4) is 0 Å². The summed E-state index contributed by atoms with van der Waals surface area (Å²) in [5, 5.41) is 15.2. The maximum atomic E-state index is 12.9. The summed E-state index contributed by atoms with van der Waals surface area (Å²) in [4.78, 5) is 15.2. The largest absolute Gasteiger partial charge is 0.462 e. The van der Waals surface area contributed by atoms with E-state index in [4.69, 9.17) is 4.74 Å². The van der Waals surface area contributed by atoms with Crippen molar-refractivity contribution in [2.24, 2.45) is 40.4 Å². The third kappa shape index (κ3) is 4.73. The number of rotatable bonds is 7. The molecule has 2 N–H and O–H groups in total. The average Bonchev–Trinajstić information content (AvgIpc) is 3.14. The molecule has 0 unspecified atom stereocenters. The summed E-state index contributed by atoms with van der Waals surface area (Å²) in [6.07, 6.45) is 11.6. The first-order chi connectivity index (χ1) is 16.9. The van der Waals surface area contributed by atoms with E-state index in [1.165, 1.54) is 19.3 Å². The van der Waals surface area contributed by atoms with Crippen molar-refractivity contribution in [1.82, 2.24) is 10.2 Å². The zero-order chi connectivity index (χ0) is 26.4. The number of nitrogens with one attached hydrogen (secondary N) is 1. The molecule has 36 heavy (non-hydrogen) atoms. The predicted octanol–water partition coefficient (Wildman–Crippen LogP) is 5.20. The number of hydrogen-bond donors (Lipinski definition) is 2. The molecule has 5 nitrogen and oxygen atoms in total. The van der Waals surface area contributed by atoms with Gasteiger partial charge in [-0.05, 0) is 115 Å². The van der Waals surface area contributed by atoms with Gasteiger partial charge >= 0.3 is 5.97 Å². The van der Waals surface area contributed by atoms with Crippen LogP contribution in [0.2, 0.25) is 0 Å². The molecule has 0 aliphatic heterocycles. The lowest BCUT2D eigenvalue weighted by atomic mass is 9.46. The number of aliphatic hydroxyl groups excluding tert-OH is 1. The van der Waals surface area contributed by atoms with E-state index in [0.717, 1.165) is 31.3 Å². The second kappa shape index (κ2) is 10.5. The molecule has 4 aliphatic rings. The Bertz CT molecular complexity index is 879. The molecule has 3 fully saturated rings. The summed E-state index contributed by atoms with van der Waals surface area (Å²) in [6.45, 7) is 11.4. The predicted molar refractivity (Wildman–Crippen MR) is 146 cm³/mol. The Balaban J connectivity index is 1.66. The van der Waals surface area contributed by atoms with E-state index in [1.54, 1.807) is 11.6 Å². The SMILES string of the molecule is CN[C@H]1CC[C@@]2(C)C(=CC[C@H]3[C@@H]4[C@H](O)C[C@H]([C@H](C)N(C)C)[C@@]4(COC(=O)/C=C(\C)C(C)C)CC[C@@H]32)C1. The third-order valence-corrected chi connectivity index (χ3v) is 11.4. The number of esters is 1. The highest BCUT2D eigenvalue weighted by atomic mass is 16.5. The fourth-order valence-electron chi connectivity index (χ4n) is 8.74. The molecule has 0 heterocycles. The lowest BCUT2D eigenvalue weighted by Crippen LogP contribution is -2.56. The van der Waals surface area contributed by atoms with Crippen LogP contribution < -0.4 is 5.32 Å². The highest BCUT2D eigenvalue weighted by Gasteiger charge is 2.64. The van der Waals surface area contributed by atoms with Crippen LogP contribution in [0, 0.1) is 40.4 Å². The van der Waals surface area contributed by atoms with Crippen molar-refractivity contribution in [1.29, 1.82) is 0 Å². The van der Waals surface area contributed by atoms with E-state index in [9.17, 15) is 9.90 Å². The van der Waals surface area contributed by atoms with Crippen molar-refractivity contribution in [3.8, 4) is 0 Å². The normalized spacial score (nSPS) is 41.4. The van der Waals surface area contributed by atoms with Crippen molar-refractivity contribution in [3.05, 3.63) is 23.3 Å². The summed E-state index contributed by atoms with van der Waals surface area (Å²) in [5.41, 5.74) is 2.77. The van der Waals surface area contributed by atoms with Crippen molar-refractivity contribution >= 4 is 5.97 Å². The first-order valence-corrected chi connectivity index (χ1v) is 14.5. The lowest BCUT2D eigenvalue weighted by molar-refractivity contribution is -0.154. The van der Waals surface area contributed by atoms with Gasteiger partial charge in [-0.15, -0.1) is 0 Å². The number of hydrogen-bond acceptors (Lipinski definition) is 5. The molecular formula is C31H52N2O3. The number of fused-ring (bicyclic) bond motifs is 5. The number of ether oxygens (including phenoxy) is 1. The highest BCUT2D eigenvalue weighted by Crippen LogP contribution is 2.67. The molecule has 0 aromatic carbocycles. The smallest absolute Gasteiger partial charge is 0.330 e. The van der Waals surface area contributed by atoms with Gasteiger partial charge in [-0.1, -0.05) is 38.0 Å². The molecule has 0 amide bonds. The van der Waals surface area contributed by atoms with Crippen LogP contribution in [0.1, 0.15) is 79.6 Å². The van der Waals surface area contributed by atoms with Crippen LogP contribution in [0.5, 0.6) is 0 Å². The summed E-state index contributed by atoms with van der Waals surface area (Å²) >= 11 is 0. The minimum absolute atomic E-state index is 0.163. The Hall–Kier alpha value is -1.17. The maximum Gasteiger partial charge on any atom is 0.330 e. The molecule has 4 rings (SSSR count). The van der Waals surface area contributed by atoms with Crippen LogP contribution in [0.15, 0.2) is 23.3 Å². The second-order valence-corrected chi connectivity index (χ2v) is 13.4. The molecule has 0 radical (unpaired) electrons. The third-order valence-electron chi connectivity index (χ3n) is 11.4. The minimum atomic E-state index is -0.330. The molecule has 0 bridgehead atoms. The first-order valence-electron chi connectivity index (χ1n) is 14.5. The van der Waals surface area contributed by atoms with Gasteiger partial charge in [-0.3, -0.25) is 0 Å². The number of allylic oxidation sites excluding steroid dienone is 2. The summed E-state index contributed by atoms with van der Waals surface area (Å²) in [7, 11) is 6.37. The second-order valence-electron chi connectivity index (χ2n) is 13.4. The van der Waals surface area contributed by atoms with Gasteiger partial charge in [0, 0.05) is 23.6 Å². The van der Waals surface area contributed by atoms with Crippen LogP contribution in [0.4, 0.5) is 0 Å². The molecule has 0 aromatic rings. The molecular weight excluding hydrogens is 448 g/mol. The van der Waals surface area contributed by atoms with E-state index in [2.05, 4.69) is 65.1 Å². The Labute approximate surface area is 220 Å². The monoisotopic (exact) mass is 500 g/mol. The summed E-state index contributed by atoms with van der Waals surface area (Å²) in [5.74, 6) is 1.67. The highest BCUT2D eigenvalue weighted by molar-refractivity contribution is 5.82. The zero-order valence-corrected chi connectivity index (χ0v) is 24.1. The fourth-order valence-corrected chi connectivity index (χ4v) is 8.74. The van der Waals surface area contributed by atoms with E-state index < -0.39 is 0 Å². The van der Waals surface area contributed by atoms with Crippen LogP contribution in [0.25, 0.3) is 0 Å². The standard InChI is InChI=1S/C31H52N2O3/c1-19(2)20(3)15-28(35)36-18-31-14-12-25-24(29(31)27(34)17-26(31)21(4)33(7)8)10-9-22-16-23(32-6)11-13-30(22,25)5/h9,15,19,21,23-27,29,32,34H,10-14,16-18H2,1-8H3/b20-15+/t21-,23-,24+,25-,26+,27+,29+,30-,31-/m0/s1. The molecule has 0 saturated heterocycles. The van der Waals surface area contributed by atoms with Crippen LogP contribution in [-0.4, -0.2) is 61.9 Å². The van der Waals surface area contributed by atoms with Gasteiger partial charge in [0.1, 0.15) is 0 Å². The van der Waals surface area contributed by atoms with Gasteiger partial charge < -0.3 is 20.1 Å². The Kier molecular flexibility index (Phi) is 8.15. The maximum absolute atomic E-state index is 12.9. The Morgan fingerprint density at radius 3 is 2.64 bits per heavy atom. The van der Waals surface area contributed by atoms with Gasteiger partial charge in [0.15, 0.2) is 0 Å². The van der Waals surface area contributed by atoms with Gasteiger partial charge in [-0.25, -0.2) is 4.79 Å². The van der Waals surface area contributed by atoms with Crippen molar-refractivity contribution in [2.75, 3.05) is 27.7 Å². The number of carbonyl (C=O) groups is 1. The van der Waals surface area contributed by atoms with Crippen molar-refractivity contribution in [2.45, 2.75) is 97.8 Å². The molecule has 204 valence electrons. The molecule has 4 aliphatic carbocycles. The summed E-state index contributed by atoms with van der Waals surface area (Å²) < 4.78 is 6.09. The quantitative estimate of drug-likeness (QED) is 0.286. The van der Waals surface area contributed by atoms with E-state index >= 15 is 0 Å². The van der Waals surface area contributed by atoms with E-state index in [-0.39, 0.29) is 28.8 Å². The zero-order valence-electron chi connectivity index (χ0n) is 24.1. The van der Waals surface area contributed by atoms with Gasteiger partial charge in [0.05, 0.1) is 12.7 Å². The van der Waals surface area contributed by atoms with Gasteiger partial charge in [-0.2, -0.15) is 0 Å². The van der Waals surface area contributed by atoms with Crippen molar-refractivity contribution < 1.29 is 14.6 Å². The van der Waals surface area contributed by atoms with Crippen LogP contribution in [-0.2, 0) is 9.53 Å². The van der Waals surface area contributed by atoms with E-state index in [1.807, 2.05) is 6.92 Å².